The Morgan fingerprint density at radius 3 is 3.04 bits per heavy atom. The molecule has 2 saturated heterocycles. The topological polar surface area (TPSA) is 62.8 Å². The number of hydrogen-bond donors (Lipinski definition) is 2. The fourth-order valence-corrected chi connectivity index (χ4v) is 4.82. The van der Waals surface area contributed by atoms with Gasteiger partial charge in [-0.25, -0.2) is 10.2 Å². The average Bonchev–Trinajstić information content (AvgIpc) is 3.22. The lowest BCUT2D eigenvalue weighted by atomic mass is 9.78. The third-order valence-electron chi connectivity index (χ3n) is 6.16. The van der Waals surface area contributed by atoms with Crippen LogP contribution < -0.4 is 10.9 Å². The van der Waals surface area contributed by atoms with Gasteiger partial charge in [-0.05, 0) is 42.7 Å². The van der Waals surface area contributed by atoms with Crippen molar-refractivity contribution >= 4 is 6.09 Å². The summed E-state index contributed by atoms with van der Waals surface area (Å²) in [6.07, 6.45) is 4.17. The number of carbonyl (C=O) groups is 1. The van der Waals surface area contributed by atoms with Crippen LogP contribution in [0.25, 0.3) is 0 Å². The Morgan fingerprint density at radius 2 is 2.08 bits per heavy atom. The first-order chi connectivity index (χ1) is 12.3. The Morgan fingerprint density at radius 1 is 1.16 bits per heavy atom. The van der Waals surface area contributed by atoms with Crippen molar-refractivity contribution in [3.63, 3.8) is 0 Å². The molecule has 0 spiro atoms. The van der Waals surface area contributed by atoms with E-state index in [0.29, 0.717) is 37.8 Å². The molecular weight excluding hydrogens is 318 g/mol. The van der Waals surface area contributed by atoms with Gasteiger partial charge in [-0.3, -0.25) is 5.43 Å². The fourth-order valence-electron chi connectivity index (χ4n) is 4.82. The predicted molar refractivity (Wildman–Crippen MR) is 91.7 cm³/mol. The Bertz CT molecular complexity index is 667. The fraction of sp³-hybridized carbons (Fsp3) is 0.632. The molecule has 4 aliphatic rings. The summed E-state index contributed by atoms with van der Waals surface area (Å²) in [5, 5.41) is 0. The molecule has 6 bridgehead atoms. The predicted octanol–water partition coefficient (Wildman–Crippen LogP) is 2.29. The Labute approximate surface area is 147 Å². The lowest BCUT2D eigenvalue weighted by molar-refractivity contribution is 0.00531. The standard InChI is InChI=1S/C19H25N3O3/c23-19-22-7-2-8-24-14-5-6-16-15(10-14)18(21-20-16)13-4-1-3-12(9-13)17(11-22)25-19/h1,3-4,9,14-18,20-21H,2,5-8,10-11H2. The minimum absolute atomic E-state index is 0.166. The molecule has 5 rings (SSSR count). The van der Waals surface area contributed by atoms with Crippen molar-refractivity contribution in [2.24, 2.45) is 5.92 Å². The van der Waals surface area contributed by atoms with Gasteiger partial charge < -0.3 is 14.4 Å². The summed E-state index contributed by atoms with van der Waals surface area (Å²) in [4.78, 5) is 13.9. The smallest absolute Gasteiger partial charge is 0.410 e. The number of carbonyl (C=O) groups excluding carboxylic acids is 1. The Kier molecular flexibility index (Phi) is 3.91. The van der Waals surface area contributed by atoms with E-state index in [0.717, 1.165) is 31.2 Å². The third kappa shape index (κ3) is 2.82. The highest BCUT2D eigenvalue weighted by Crippen LogP contribution is 2.40. The highest BCUT2D eigenvalue weighted by molar-refractivity contribution is 5.70. The lowest BCUT2D eigenvalue weighted by Crippen LogP contribution is -2.37. The highest BCUT2D eigenvalue weighted by Gasteiger charge is 2.42. The number of hydrogen-bond acceptors (Lipinski definition) is 5. The number of nitrogens with zero attached hydrogens (tertiary/aromatic N) is 1. The van der Waals surface area contributed by atoms with E-state index in [2.05, 4.69) is 35.1 Å². The van der Waals surface area contributed by atoms with E-state index in [1.807, 2.05) is 4.90 Å². The zero-order valence-electron chi connectivity index (χ0n) is 14.3. The van der Waals surface area contributed by atoms with E-state index in [1.54, 1.807) is 0 Å². The second-order valence-corrected chi connectivity index (χ2v) is 7.68. The number of hydrazine groups is 1. The molecular formula is C19H25N3O3. The molecule has 1 aromatic rings. The van der Waals surface area contributed by atoms with Crippen molar-refractivity contribution in [2.75, 3.05) is 19.7 Å². The van der Waals surface area contributed by atoms with Gasteiger partial charge in [0.15, 0.2) is 0 Å². The summed E-state index contributed by atoms with van der Waals surface area (Å²) in [6.45, 7) is 2.06. The van der Waals surface area contributed by atoms with E-state index in [4.69, 9.17) is 9.47 Å². The van der Waals surface area contributed by atoms with Crippen molar-refractivity contribution in [1.82, 2.24) is 15.8 Å². The summed E-state index contributed by atoms with van der Waals surface area (Å²) in [5.74, 6) is 0.541. The SMILES string of the molecule is O=C1OC2CN1CCCOC1CCC3NNC(c4cccc2c4)C3C1. The summed E-state index contributed by atoms with van der Waals surface area (Å²) in [6, 6.07) is 9.34. The first-order valence-corrected chi connectivity index (χ1v) is 9.46. The van der Waals surface area contributed by atoms with E-state index in [1.165, 1.54) is 5.56 Å². The molecule has 3 aliphatic heterocycles. The van der Waals surface area contributed by atoms with Crippen LogP contribution in [0.1, 0.15) is 49.0 Å². The second-order valence-electron chi connectivity index (χ2n) is 7.68. The number of fused-ring (bicyclic) bond motifs is 7. The number of ether oxygens (including phenoxy) is 2. The molecule has 6 nitrogen and oxygen atoms in total. The zero-order valence-corrected chi connectivity index (χ0v) is 14.3. The molecule has 5 unspecified atom stereocenters. The van der Waals surface area contributed by atoms with Gasteiger partial charge in [0.25, 0.3) is 0 Å². The Balaban J connectivity index is 1.49. The zero-order chi connectivity index (χ0) is 16.8. The lowest BCUT2D eigenvalue weighted by Gasteiger charge is -2.33. The van der Waals surface area contributed by atoms with Crippen LogP contribution in [0.4, 0.5) is 4.79 Å². The molecule has 1 aliphatic carbocycles. The first-order valence-electron chi connectivity index (χ1n) is 9.46. The van der Waals surface area contributed by atoms with Crippen LogP contribution >= 0.6 is 0 Å². The minimum Gasteiger partial charge on any atom is -0.439 e. The van der Waals surface area contributed by atoms with Crippen LogP contribution in [0.5, 0.6) is 0 Å². The van der Waals surface area contributed by atoms with Gasteiger partial charge in [0.1, 0.15) is 6.10 Å². The summed E-state index contributed by atoms with van der Waals surface area (Å²) in [7, 11) is 0. The van der Waals surface area contributed by atoms with Crippen LogP contribution in [0, 0.1) is 5.92 Å². The molecule has 5 atom stereocenters. The van der Waals surface area contributed by atoms with Crippen LogP contribution in [0.3, 0.4) is 0 Å². The van der Waals surface area contributed by atoms with E-state index in [9.17, 15) is 4.79 Å². The van der Waals surface area contributed by atoms with Crippen LogP contribution in [0.2, 0.25) is 0 Å². The maximum Gasteiger partial charge on any atom is 0.410 e. The van der Waals surface area contributed by atoms with Gasteiger partial charge in [0, 0.05) is 19.2 Å². The monoisotopic (exact) mass is 343 g/mol. The van der Waals surface area contributed by atoms with Crippen molar-refractivity contribution < 1.29 is 14.3 Å². The van der Waals surface area contributed by atoms with Gasteiger partial charge in [0.2, 0.25) is 0 Å². The van der Waals surface area contributed by atoms with Crippen LogP contribution in [-0.4, -0.2) is 42.8 Å². The molecule has 1 aromatic carbocycles. The maximum atomic E-state index is 12.1. The van der Waals surface area contributed by atoms with Crippen LogP contribution in [-0.2, 0) is 9.47 Å². The quantitative estimate of drug-likeness (QED) is 0.757. The van der Waals surface area contributed by atoms with E-state index < -0.39 is 0 Å². The Hall–Kier alpha value is -1.63. The second kappa shape index (κ2) is 6.27. The molecule has 3 heterocycles. The van der Waals surface area contributed by atoms with Crippen molar-refractivity contribution in [1.29, 1.82) is 0 Å². The van der Waals surface area contributed by atoms with Crippen molar-refractivity contribution in [3.8, 4) is 0 Å². The third-order valence-corrected chi connectivity index (χ3v) is 6.16. The summed E-state index contributed by atoms with van der Waals surface area (Å²) in [5.41, 5.74) is 9.36. The number of benzene rings is 1. The molecule has 1 saturated carbocycles. The number of amides is 1. The van der Waals surface area contributed by atoms with Gasteiger partial charge in [-0.2, -0.15) is 0 Å². The van der Waals surface area contributed by atoms with Gasteiger partial charge >= 0.3 is 6.09 Å². The van der Waals surface area contributed by atoms with Gasteiger partial charge in [-0.1, -0.05) is 24.3 Å². The van der Waals surface area contributed by atoms with E-state index >= 15 is 0 Å². The van der Waals surface area contributed by atoms with Gasteiger partial charge in [-0.15, -0.1) is 0 Å². The normalized spacial score (nSPS) is 37.5. The summed E-state index contributed by atoms with van der Waals surface area (Å²) >= 11 is 0. The molecule has 6 heteroatoms. The van der Waals surface area contributed by atoms with E-state index in [-0.39, 0.29) is 18.2 Å². The maximum absolute atomic E-state index is 12.1. The largest absolute Gasteiger partial charge is 0.439 e. The van der Waals surface area contributed by atoms with Crippen molar-refractivity contribution in [3.05, 3.63) is 35.4 Å². The number of rotatable bonds is 0. The molecule has 2 N–H and O–H groups in total. The minimum atomic E-state index is -0.204. The first kappa shape index (κ1) is 15.6. The molecule has 1 amide bonds. The molecule has 25 heavy (non-hydrogen) atoms. The highest BCUT2D eigenvalue weighted by atomic mass is 16.6. The average molecular weight is 343 g/mol. The van der Waals surface area contributed by atoms with Crippen molar-refractivity contribution in [2.45, 2.75) is 50.0 Å². The molecule has 0 aromatic heterocycles. The molecule has 3 fully saturated rings. The molecule has 0 radical (unpaired) electrons. The number of nitrogens with one attached hydrogen (secondary N) is 2. The van der Waals surface area contributed by atoms with Gasteiger partial charge in [0.05, 0.1) is 18.7 Å². The van der Waals surface area contributed by atoms with Crippen LogP contribution in [0.15, 0.2) is 24.3 Å². The summed E-state index contributed by atoms with van der Waals surface area (Å²) < 4.78 is 11.8. The molecule has 134 valence electrons.